The molecule has 0 unspecified atom stereocenters. The zero-order chi connectivity index (χ0) is 13.4. The molecule has 0 fully saturated rings. The van der Waals surface area contributed by atoms with Crippen LogP contribution in [0.1, 0.15) is 34.6 Å². The highest BCUT2D eigenvalue weighted by atomic mass is 16.2. The van der Waals surface area contributed by atoms with Crippen LogP contribution in [0, 0.1) is 5.92 Å². The fourth-order valence-electron chi connectivity index (χ4n) is 2.21. The van der Waals surface area contributed by atoms with Crippen LogP contribution in [0.15, 0.2) is 24.3 Å². The van der Waals surface area contributed by atoms with Crippen molar-refractivity contribution in [3.63, 3.8) is 0 Å². The van der Waals surface area contributed by atoms with Gasteiger partial charge in [-0.2, -0.15) is 0 Å². The Bertz CT molecular complexity index is 504. The average molecular weight is 241 g/mol. The van der Waals surface area contributed by atoms with Crippen LogP contribution in [0.4, 0.5) is 0 Å². The number of imide groups is 1. The van der Waals surface area contributed by atoms with Crippen LogP contribution in [0.5, 0.6) is 0 Å². The van der Waals surface area contributed by atoms with E-state index in [-0.39, 0.29) is 5.92 Å². The Morgan fingerprint density at radius 1 is 1.11 bits per heavy atom. The molecular weight excluding hydrogens is 229 g/mol. The summed E-state index contributed by atoms with van der Waals surface area (Å²) in [5.74, 6) is -1.12. The topological polar surface area (TPSA) is 54.5 Å². The molecule has 0 aliphatic carbocycles. The molecule has 0 N–H and O–H groups in total. The van der Waals surface area contributed by atoms with E-state index in [9.17, 15) is 14.4 Å². The fraction of sp³-hybridized carbons (Fsp3) is 0.308. The maximum absolute atomic E-state index is 12.2. The Kier molecular flexibility index (Phi) is 3.07. The molecule has 1 aromatic rings. The normalized spacial score (nSPS) is 16.1. The number of carbonyl (C=O) groups excluding carboxylic acids is 3. The lowest BCUT2D eigenvalue weighted by Crippen LogP contribution is -2.48. The van der Waals surface area contributed by atoms with E-state index in [0.29, 0.717) is 11.1 Å². The van der Waals surface area contributed by atoms with Crippen LogP contribution in [-0.4, -0.2) is 36.3 Å². The van der Waals surface area contributed by atoms with E-state index < -0.39 is 23.5 Å². The van der Waals surface area contributed by atoms with Gasteiger partial charge in [0.1, 0.15) is 0 Å². The van der Waals surface area contributed by atoms with Crippen molar-refractivity contribution in [2.45, 2.75) is 19.9 Å². The number of amides is 2. The molecule has 0 aromatic heterocycles. The standard InChI is InChI=1S/C13H12BNO3/c1-7(2)10(11(14)16)15-12(17)8-5-3-4-6-9(8)13(15)18/h3-7,10H,1-2H3/t10-/m1/s1. The number of benzene rings is 1. The summed E-state index contributed by atoms with van der Waals surface area (Å²) < 4.78 is 0. The van der Waals surface area contributed by atoms with E-state index in [4.69, 9.17) is 7.85 Å². The highest BCUT2D eigenvalue weighted by Crippen LogP contribution is 2.26. The second-order valence-corrected chi connectivity index (χ2v) is 4.62. The van der Waals surface area contributed by atoms with Gasteiger partial charge < -0.3 is 4.79 Å². The SMILES string of the molecule is [B]C(=O)[C@@H](C(C)C)N1C(=O)c2ccccc2C1=O. The summed E-state index contributed by atoms with van der Waals surface area (Å²) in [5.41, 5.74) is -0.0108. The number of carbonyl (C=O) groups is 3. The molecule has 18 heavy (non-hydrogen) atoms. The highest BCUT2D eigenvalue weighted by molar-refractivity contribution is 6.59. The van der Waals surface area contributed by atoms with Gasteiger partial charge in [0.05, 0.1) is 22.9 Å². The number of fused-ring (bicyclic) bond motifs is 1. The first-order valence-electron chi connectivity index (χ1n) is 5.71. The van der Waals surface area contributed by atoms with E-state index in [0.717, 1.165) is 4.90 Å². The molecule has 2 radical (unpaired) electrons. The van der Waals surface area contributed by atoms with E-state index in [1.807, 2.05) is 0 Å². The van der Waals surface area contributed by atoms with Crippen molar-refractivity contribution in [1.82, 2.24) is 4.90 Å². The zero-order valence-electron chi connectivity index (χ0n) is 10.2. The van der Waals surface area contributed by atoms with Crippen LogP contribution in [0.25, 0.3) is 0 Å². The molecule has 1 aromatic carbocycles. The van der Waals surface area contributed by atoms with Gasteiger partial charge in [0.25, 0.3) is 11.8 Å². The van der Waals surface area contributed by atoms with Crippen molar-refractivity contribution in [2.75, 3.05) is 0 Å². The number of hydrogen-bond donors (Lipinski definition) is 0. The molecule has 0 saturated heterocycles. The first-order chi connectivity index (χ1) is 8.45. The largest absolute Gasteiger partial charge is 0.310 e. The summed E-state index contributed by atoms with van der Waals surface area (Å²) in [7, 11) is 5.29. The van der Waals surface area contributed by atoms with E-state index >= 15 is 0 Å². The number of nitrogens with zero attached hydrogens (tertiary/aromatic N) is 1. The van der Waals surface area contributed by atoms with Gasteiger partial charge in [-0.1, -0.05) is 26.0 Å². The highest BCUT2D eigenvalue weighted by Gasteiger charge is 2.42. The minimum Gasteiger partial charge on any atom is -0.310 e. The third-order valence-corrected chi connectivity index (χ3v) is 3.03. The fourth-order valence-corrected chi connectivity index (χ4v) is 2.21. The molecule has 2 rings (SSSR count). The van der Waals surface area contributed by atoms with Crippen LogP contribution >= 0.6 is 0 Å². The number of hydrogen-bond acceptors (Lipinski definition) is 3. The molecule has 0 bridgehead atoms. The second kappa shape index (κ2) is 4.40. The van der Waals surface area contributed by atoms with Gasteiger partial charge >= 0.3 is 0 Å². The van der Waals surface area contributed by atoms with Crippen molar-refractivity contribution in [2.24, 2.45) is 5.92 Å². The second-order valence-electron chi connectivity index (χ2n) is 4.62. The van der Waals surface area contributed by atoms with Crippen molar-refractivity contribution in [3.8, 4) is 0 Å². The average Bonchev–Trinajstić information content (AvgIpc) is 2.55. The van der Waals surface area contributed by atoms with Gasteiger partial charge in [-0.15, -0.1) is 0 Å². The summed E-state index contributed by atoms with van der Waals surface area (Å²) in [4.78, 5) is 36.7. The van der Waals surface area contributed by atoms with E-state index in [1.54, 1.807) is 38.1 Å². The quantitative estimate of drug-likeness (QED) is 0.586. The Morgan fingerprint density at radius 3 is 1.89 bits per heavy atom. The molecule has 2 amide bonds. The minimum atomic E-state index is -0.905. The van der Waals surface area contributed by atoms with Gasteiger partial charge in [0.2, 0.25) is 0 Å². The summed E-state index contributed by atoms with van der Waals surface area (Å²) in [6.07, 6.45) is 0. The molecule has 90 valence electrons. The van der Waals surface area contributed by atoms with E-state index in [1.165, 1.54) is 0 Å². The lowest BCUT2D eigenvalue weighted by atomic mass is 9.86. The van der Waals surface area contributed by atoms with Gasteiger partial charge in [0, 0.05) is 0 Å². The van der Waals surface area contributed by atoms with Crippen LogP contribution in [0.3, 0.4) is 0 Å². The molecule has 1 aliphatic rings. The van der Waals surface area contributed by atoms with Gasteiger partial charge in [0.15, 0.2) is 7.85 Å². The predicted octanol–water partition coefficient (Wildman–Crippen LogP) is 1.00. The lowest BCUT2D eigenvalue weighted by molar-refractivity contribution is -0.116. The molecule has 5 heteroatoms. The molecule has 1 aliphatic heterocycles. The Hall–Kier alpha value is -1.91. The summed E-state index contributed by atoms with van der Waals surface area (Å²) in [5, 5.41) is 0. The molecule has 0 saturated carbocycles. The molecule has 1 atom stereocenters. The lowest BCUT2D eigenvalue weighted by Gasteiger charge is -2.27. The summed E-state index contributed by atoms with van der Waals surface area (Å²) in [6.45, 7) is 3.50. The zero-order valence-corrected chi connectivity index (χ0v) is 10.2. The summed E-state index contributed by atoms with van der Waals surface area (Å²) >= 11 is 0. The van der Waals surface area contributed by atoms with Crippen molar-refractivity contribution < 1.29 is 14.4 Å². The van der Waals surface area contributed by atoms with Crippen LogP contribution in [-0.2, 0) is 4.79 Å². The Morgan fingerprint density at radius 2 is 1.56 bits per heavy atom. The Labute approximate surface area is 106 Å². The maximum Gasteiger partial charge on any atom is 0.262 e. The maximum atomic E-state index is 12.2. The molecule has 1 heterocycles. The first kappa shape index (κ1) is 12.5. The molecule has 0 spiro atoms. The van der Waals surface area contributed by atoms with E-state index in [2.05, 4.69) is 0 Å². The van der Waals surface area contributed by atoms with Gasteiger partial charge in [-0.25, -0.2) is 0 Å². The van der Waals surface area contributed by atoms with Crippen LogP contribution < -0.4 is 0 Å². The third kappa shape index (κ3) is 1.76. The summed E-state index contributed by atoms with van der Waals surface area (Å²) in [6, 6.07) is 5.61. The van der Waals surface area contributed by atoms with Crippen molar-refractivity contribution in [1.29, 1.82) is 0 Å². The predicted molar refractivity (Wildman–Crippen MR) is 66.3 cm³/mol. The monoisotopic (exact) mass is 241 g/mol. The Balaban J connectivity index is 2.47. The molecular formula is C13H12BNO3. The van der Waals surface area contributed by atoms with Crippen molar-refractivity contribution >= 4 is 25.3 Å². The van der Waals surface area contributed by atoms with Crippen LogP contribution in [0.2, 0.25) is 0 Å². The number of rotatable bonds is 3. The molecule has 4 nitrogen and oxygen atoms in total. The smallest absolute Gasteiger partial charge is 0.262 e. The van der Waals surface area contributed by atoms with Gasteiger partial charge in [-0.05, 0) is 18.1 Å². The van der Waals surface area contributed by atoms with Crippen molar-refractivity contribution in [3.05, 3.63) is 35.4 Å². The first-order valence-corrected chi connectivity index (χ1v) is 5.71. The van der Waals surface area contributed by atoms with Gasteiger partial charge in [-0.3, -0.25) is 14.5 Å². The third-order valence-electron chi connectivity index (χ3n) is 3.03. The minimum absolute atomic E-state index is 0.218.